The van der Waals surface area contributed by atoms with Crippen molar-refractivity contribution in [2.75, 3.05) is 32.0 Å². The number of aliphatic carboxylic acids is 4. The molecule has 0 spiro atoms. The number of hydrogen-bond donors (Lipinski definition) is 22. The number of aromatic amines is 1. The van der Waals surface area contributed by atoms with Crippen LogP contribution in [0.4, 0.5) is 5.69 Å². The number of rotatable bonds is 32. The number of anilines is 1. The molecule has 0 bridgehead atoms. The zero-order valence-corrected chi connectivity index (χ0v) is 64.7. The zero-order valence-electron chi connectivity index (χ0n) is 64.7. The van der Waals surface area contributed by atoms with Crippen molar-refractivity contribution in [1.82, 2.24) is 74.1 Å². The lowest BCUT2D eigenvalue weighted by atomic mass is 9.79. The van der Waals surface area contributed by atoms with Crippen molar-refractivity contribution in [2.45, 2.75) is 209 Å². The number of carbonyl (C=O) groups excluding carboxylic acids is 16. The van der Waals surface area contributed by atoms with E-state index in [1.807, 2.05) is 16.0 Å². The van der Waals surface area contributed by atoms with Gasteiger partial charge in [0.15, 0.2) is 5.78 Å². The molecule has 2 aromatic carbocycles. The molecule has 1 aliphatic carbocycles. The number of hydrogen-bond acceptors (Lipinski definition) is 24. The molecular weight excluding hydrogens is 1540 g/mol. The van der Waals surface area contributed by atoms with Crippen molar-refractivity contribution in [3.63, 3.8) is 0 Å². The molecular formula is C74H103N17O26. The summed E-state index contributed by atoms with van der Waals surface area (Å²) in [4.78, 5) is 278. The molecule has 2 fully saturated rings. The number of aromatic nitrogens is 1. The molecule has 43 nitrogen and oxygen atoms in total. The molecule has 117 heavy (non-hydrogen) atoms. The third-order valence-corrected chi connectivity index (χ3v) is 19.3. The smallest absolute Gasteiger partial charge is 0.329 e. The van der Waals surface area contributed by atoms with E-state index in [9.17, 15) is 121 Å². The summed E-state index contributed by atoms with van der Waals surface area (Å²) in [5.74, 6) is -29.7. The Morgan fingerprint density at radius 3 is 1.71 bits per heavy atom. The number of nitrogens with one attached hydrogen (secondary N) is 14. The van der Waals surface area contributed by atoms with Gasteiger partial charge < -0.3 is 122 Å². The Kier molecular flexibility index (Phi) is 37.8. The second-order valence-corrected chi connectivity index (χ2v) is 28.5. The van der Waals surface area contributed by atoms with Gasteiger partial charge >= 0.3 is 29.8 Å². The summed E-state index contributed by atoms with van der Waals surface area (Å²) >= 11 is 0. The second-order valence-electron chi connectivity index (χ2n) is 28.5. The van der Waals surface area contributed by atoms with E-state index in [4.69, 9.17) is 21.9 Å². The molecule has 13 atom stereocenters. The van der Waals surface area contributed by atoms with Crippen LogP contribution in [0.2, 0.25) is 0 Å². The molecule has 2 aliphatic rings. The lowest BCUT2D eigenvalue weighted by Crippen LogP contribution is -2.62. The van der Waals surface area contributed by atoms with E-state index < -0.39 is 267 Å². The highest BCUT2D eigenvalue weighted by atomic mass is 16.5. The van der Waals surface area contributed by atoms with E-state index in [2.05, 4.69) is 65.1 Å². The molecule has 43 heteroatoms. The Bertz CT molecular complexity index is 4150. The lowest BCUT2D eigenvalue weighted by molar-refractivity contribution is -0.156. The fourth-order valence-corrected chi connectivity index (χ4v) is 12.9. The van der Waals surface area contributed by atoms with Gasteiger partial charge in [-0.3, -0.25) is 91.1 Å². The number of carbonyl (C=O) groups is 20. The number of aliphatic hydroxyl groups is 1. The van der Waals surface area contributed by atoms with Gasteiger partial charge in [-0.1, -0.05) is 69.9 Å². The average molecular weight is 1650 g/mol. The first-order chi connectivity index (χ1) is 55.3. The van der Waals surface area contributed by atoms with Crippen molar-refractivity contribution in [3.05, 3.63) is 65.9 Å². The molecule has 1 saturated heterocycles. The first-order valence-corrected chi connectivity index (χ1v) is 37.8. The van der Waals surface area contributed by atoms with Crippen LogP contribution in [0.5, 0.6) is 0 Å². The quantitative estimate of drug-likeness (QED) is 0.0120. The summed E-state index contributed by atoms with van der Waals surface area (Å²) in [7, 11) is 0. The van der Waals surface area contributed by atoms with Crippen molar-refractivity contribution in [3.8, 4) is 0 Å². The van der Waals surface area contributed by atoms with Gasteiger partial charge in [0.05, 0.1) is 51.8 Å². The summed E-state index contributed by atoms with van der Waals surface area (Å²) in [6.45, 7) is 1.15. The number of esters is 1. The summed E-state index contributed by atoms with van der Waals surface area (Å²) in [6.07, 6.45) is -1.65. The van der Waals surface area contributed by atoms with Crippen LogP contribution in [-0.4, -0.2) is 248 Å². The highest BCUT2D eigenvalue weighted by Gasteiger charge is 2.42. The van der Waals surface area contributed by atoms with Gasteiger partial charge in [-0.25, -0.2) is 4.79 Å². The van der Waals surface area contributed by atoms with Gasteiger partial charge in [0.2, 0.25) is 82.7 Å². The van der Waals surface area contributed by atoms with Crippen LogP contribution in [-0.2, 0) is 102 Å². The largest absolute Gasteiger partial charge is 0.481 e. The standard InChI is InChI=1S/C74H103N17O26/c1-5-6-7-13-38-19-21-39(22-20-38)64(106)85-46(25-40-31-78-44-17-11-9-14-41(40)44)68(110)86-47(27-54(77)94)69(111)88-50(30-60(103)104)70(112)91-62-37(4)117-74(116)51(26-53(93)42-15-8-10-16-43(42)76)89-73(115)61(35(2)24-57(97)98)90-71(113)52(34-92)83-56(96)32-79-65(107)48(28-58(99)100)84-63(105)36(3)81-67(109)49(29-59(101)102)87-66(108)45(18-12-23-75)82-55(95)33-80-72(62)114/h8-11,14-17,31,35-39,45-52,61-62,78,92H,5-7,12-13,18-30,32-34,75-76H2,1-4H3,(H2,77,94)(H,79,107)(H,80,114)(H,81,109)(H,82,95)(H,83,96)(H,84,105)(H,85,106)(H,86,110)(H,87,108)(H,88,111)(H,89,115)(H,90,113)(H,91,112)(H,97,98)(H,99,100)(H,101,102)(H,103,104)/t35-,36-,37-,38?,39?,45+,46+,47+,48+,49+,50+,51+,52-,61+,62+/m1/s1. The number of fused-ring (bicyclic) bond motifs is 1. The summed E-state index contributed by atoms with van der Waals surface area (Å²) in [6, 6.07) is -10.5. The van der Waals surface area contributed by atoms with Gasteiger partial charge in [0.25, 0.3) is 0 Å². The minimum absolute atomic E-state index is 0.0929. The van der Waals surface area contributed by atoms with Crippen LogP contribution in [0.3, 0.4) is 0 Å². The Hall–Kier alpha value is -12.7. The van der Waals surface area contributed by atoms with Crippen LogP contribution in [0, 0.1) is 17.8 Å². The number of cyclic esters (lactones) is 1. The monoisotopic (exact) mass is 1650 g/mol. The number of ether oxygens (including phenoxy) is 1. The number of para-hydroxylation sites is 2. The normalized spacial score (nSPS) is 23.1. The predicted molar refractivity (Wildman–Crippen MR) is 407 cm³/mol. The zero-order chi connectivity index (χ0) is 86.9. The van der Waals surface area contributed by atoms with Crippen LogP contribution < -0.4 is 86.3 Å². The number of Topliss-reactive ketones (excluding diaryl/α,β-unsaturated/α-hetero) is 1. The van der Waals surface area contributed by atoms with Crippen LogP contribution >= 0.6 is 0 Å². The SMILES string of the molecule is CCCCCC1CCC(C(=O)N[C@@H](Cc2c[nH]c3ccccc23)C(=O)N[C@@H](CC(N)=O)C(=O)N[C@@H](CC(=O)O)C(=O)N[C@@H]2C(=O)NCC(=O)N[C@@H](CCCN)C(=O)N[C@@H](CC(=O)O)C(=O)N[C@H](C)C(=O)N[C@@H](CC(=O)O)C(=O)NCC(=O)N[C@H](CO)C(=O)N[C@@H]([C@H](C)CC(=O)O)C(=O)N[C@@H](CC(=O)c3ccccc3N)C(=O)O[C@@H]2C)CC1. The first kappa shape index (κ1) is 94.9. The Balaban J connectivity index is 1.60. The molecule has 1 saturated carbocycles. The maximum atomic E-state index is 14.9. The number of amides is 14. The number of nitrogen functional groups attached to an aromatic ring is 1. The van der Waals surface area contributed by atoms with Crippen molar-refractivity contribution in [1.29, 1.82) is 0 Å². The molecule has 14 amide bonds. The number of carboxylic acids is 4. The molecule has 5 rings (SSSR count). The third-order valence-electron chi connectivity index (χ3n) is 19.3. The molecule has 1 aliphatic heterocycles. The summed E-state index contributed by atoms with van der Waals surface area (Å²) in [5, 5.41) is 79.0. The van der Waals surface area contributed by atoms with E-state index >= 15 is 0 Å². The summed E-state index contributed by atoms with van der Waals surface area (Å²) in [5.41, 5.74) is 18.2. The molecule has 0 unspecified atom stereocenters. The molecule has 1 aromatic heterocycles. The number of nitrogens with two attached hydrogens (primary N) is 3. The van der Waals surface area contributed by atoms with Crippen molar-refractivity contribution >= 4 is 135 Å². The van der Waals surface area contributed by atoms with E-state index in [0.717, 1.165) is 59.3 Å². The molecule has 3 aromatic rings. The van der Waals surface area contributed by atoms with Crippen LogP contribution in [0.1, 0.15) is 146 Å². The maximum absolute atomic E-state index is 14.9. The van der Waals surface area contributed by atoms with Gasteiger partial charge in [0.1, 0.15) is 72.6 Å². The highest BCUT2D eigenvalue weighted by molar-refractivity contribution is 6.05. The molecule has 640 valence electrons. The highest BCUT2D eigenvalue weighted by Crippen LogP contribution is 2.33. The topological polar surface area (TPSA) is 702 Å². The van der Waals surface area contributed by atoms with Crippen LogP contribution in [0.15, 0.2) is 54.7 Å². The van der Waals surface area contributed by atoms with E-state index in [1.54, 1.807) is 30.5 Å². The van der Waals surface area contributed by atoms with Gasteiger partial charge in [-0.05, 0) is 94.5 Å². The fraction of sp³-hybridized carbons (Fsp3) is 0.541. The minimum Gasteiger partial charge on any atom is -0.481 e. The number of unbranched alkanes of at least 4 members (excludes halogenated alkanes) is 2. The lowest BCUT2D eigenvalue weighted by Gasteiger charge is -2.30. The predicted octanol–water partition coefficient (Wildman–Crippen LogP) is -5.38. The maximum Gasteiger partial charge on any atom is 0.329 e. The molecule has 25 N–H and O–H groups in total. The minimum atomic E-state index is -2.45. The Morgan fingerprint density at radius 2 is 1.11 bits per heavy atom. The number of H-pyrrole nitrogens is 1. The van der Waals surface area contributed by atoms with Crippen LogP contribution in [0.25, 0.3) is 10.9 Å². The summed E-state index contributed by atoms with van der Waals surface area (Å²) < 4.78 is 5.70. The van der Waals surface area contributed by atoms with Gasteiger partial charge in [0, 0.05) is 47.1 Å². The second kappa shape index (κ2) is 46.6. The number of benzene rings is 2. The van der Waals surface area contributed by atoms with Gasteiger partial charge in [-0.15, -0.1) is 0 Å². The number of ketones is 1. The molecule has 2 heterocycles. The molecule has 0 radical (unpaired) electrons. The Morgan fingerprint density at radius 1 is 0.556 bits per heavy atom. The number of primary amides is 1. The Labute approximate surface area is 669 Å². The number of aliphatic hydroxyl groups excluding tert-OH is 1. The van der Waals surface area contributed by atoms with E-state index in [0.29, 0.717) is 35.2 Å². The van der Waals surface area contributed by atoms with Gasteiger partial charge in [-0.2, -0.15) is 0 Å². The van der Waals surface area contributed by atoms with E-state index in [1.165, 1.54) is 24.3 Å². The first-order valence-electron chi connectivity index (χ1n) is 37.8. The van der Waals surface area contributed by atoms with Crippen molar-refractivity contribution < 1.29 is 126 Å². The fourth-order valence-electron chi connectivity index (χ4n) is 12.9. The van der Waals surface area contributed by atoms with E-state index in [-0.39, 0.29) is 30.6 Å². The third kappa shape index (κ3) is 30.9. The number of carboxylic acid groups (broad SMARTS) is 4. The van der Waals surface area contributed by atoms with Crippen molar-refractivity contribution in [2.24, 2.45) is 29.2 Å². The average Bonchev–Trinajstić information content (AvgIpc) is 1.64.